The fourth-order valence-corrected chi connectivity index (χ4v) is 4.66. The van der Waals surface area contributed by atoms with E-state index in [0.29, 0.717) is 6.04 Å². The maximum Gasteiger partial charge on any atom is 0.115 e. The van der Waals surface area contributed by atoms with E-state index in [1.54, 1.807) is 11.3 Å². The molecule has 0 bridgehead atoms. The Labute approximate surface area is 131 Å². The lowest BCUT2D eigenvalue weighted by atomic mass is 10.2. The van der Waals surface area contributed by atoms with Crippen LogP contribution in [0.4, 0.5) is 0 Å². The van der Waals surface area contributed by atoms with E-state index in [2.05, 4.69) is 60.4 Å². The van der Waals surface area contributed by atoms with Gasteiger partial charge in [-0.3, -0.25) is 0 Å². The Hall–Kier alpha value is -0.230. The molecule has 2 aromatic rings. The highest BCUT2D eigenvalue weighted by Crippen LogP contribution is 2.33. The monoisotopic (exact) mass is 358 g/mol. The van der Waals surface area contributed by atoms with Gasteiger partial charge in [-0.25, -0.2) is 4.98 Å². The number of nitrogens with zero attached hydrogens (tertiary/aromatic N) is 1. The number of aromatic nitrogens is 1. The van der Waals surface area contributed by atoms with Crippen LogP contribution in [-0.4, -0.2) is 11.0 Å². The lowest BCUT2D eigenvalue weighted by Crippen LogP contribution is -2.28. The van der Waals surface area contributed by atoms with Crippen LogP contribution in [0.2, 0.25) is 0 Å². The summed E-state index contributed by atoms with van der Waals surface area (Å²) in [5, 5.41) is 6.94. The van der Waals surface area contributed by atoms with Crippen molar-refractivity contribution in [1.82, 2.24) is 10.3 Å². The van der Waals surface area contributed by atoms with E-state index < -0.39 is 0 Å². The molecule has 104 valence electrons. The zero-order valence-electron chi connectivity index (χ0n) is 11.7. The normalized spacial score (nSPS) is 13.2. The average Bonchev–Trinajstić information content (AvgIpc) is 2.92. The zero-order chi connectivity index (χ0) is 14.0. The Bertz CT molecular complexity index is 545. The van der Waals surface area contributed by atoms with Gasteiger partial charge in [0.05, 0.1) is 11.7 Å². The van der Waals surface area contributed by atoms with Crippen molar-refractivity contribution in [1.29, 1.82) is 0 Å². The van der Waals surface area contributed by atoms with Crippen molar-refractivity contribution >= 4 is 38.6 Å². The molecule has 0 fully saturated rings. The number of thiophene rings is 1. The van der Waals surface area contributed by atoms with Crippen LogP contribution >= 0.6 is 38.6 Å². The van der Waals surface area contributed by atoms with Gasteiger partial charge in [0.15, 0.2) is 0 Å². The largest absolute Gasteiger partial charge is 0.301 e. The van der Waals surface area contributed by atoms with Crippen molar-refractivity contribution in [2.45, 2.75) is 46.2 Å². The first-order valence-electron chi connectivity index (χ1n) is 6.47. The van der Waals surface area contributed by atoms with Crippen LogP contribution in [0.1, 0.15) is 47.3 Å². The van der Waals surface area contributed by atoms with Gasteiger partial charge in [0, 0.05) is 25.6 Å². The van der Waals surface area contributed by atoms with Crippen molar-refractivity contribution in [2.24, 2.45) is 0 Å². The highest BCUT2D eigenvalue weighted by atomic mass is 79.9. The Kier molecular flexibility index (Phi) is 5.17. The minimum atomic E-state index is 0.209. The summed E-state index contributed by atoms with van der Waals surface area (Å²) in [5.41, 5.74) is 1.23. The van der Waals surface area contributed by atoms with Gasteiger partial charge in [0.1, 0.15) is 5.01 Å². The van der Waals surface area contributed by atoms with Crippen LogP contribution in [-0.2, 0) is 6.42 Å². The fraction of sp³-hybridized carbons (Fsp3) is 0.500. The van der Waals surface area contributed by atoms with Crippen molar-refractivity contribution in [3.8, 4) is 0 Å². The highest BCUT2D eigenvalue weighted by molar-refractivity contribution is 9.10. The van der Waals surface area contributed by atoms with Crippen molar-refractivity contribution < 1.29 is 0 Å². The molecular formula is C14H19BrN2S2. The van der Waals surface area contributed by atoms with Crippen molar-refractivity contribution in [2.75, 3.05) is 0 Å². The number of nitrogens with one attached hydrogen (secondary N) is 1. The van der Waals surface area contributed by atoms with Gasteiger partial charge in [0.25, 0.3) is 0 Å². The van der Waals surface area contributed by atoms with Crippen LogP contribution in [0.15, 0.2) is 15.9 Å². The number of hydrogen-bond donors (Lipinski definition) is 1. The van der Waals surface area contributed by atoms with Gasteiger partial charge >= 0.3 is 0 Å². The topological polar surface area (TPSA) is 24.9 Å². The first kappa shape index (κ1) is 15.2. The summed E-state index contributed by atoms with van der Waals surface area (Å²) in [6, 6.07) is 2.83. The number of halogens is 1. The summed E-state index contributed by atoms with van der Waals surface area (Å²) in [6.07, 6.45) is 1.00. The smallest absolute Gasteiger partial charge is 0.115 e. The third-order valence-electron chi connectivity index (χ3n) is 2.86. The second kappa shape index (κ2) is 6.48. The third-order valence-corrected chi connectivity index (χ3v) is 5.70. The molecule has 2 heterocycles. The van der Waals surface area contributed by atoms with E-state index in [1.165, 1.54) is 20.5 Å². The molecule has 1 unspecified atom stereocenters. The summed E-state index contributed by atoms with van der Waals surface area (Å²) < 4.78 is 1.15. The molecule has 0 aliphatic rings. The molecule has 2 rings (SSSR count). The second-order valence-corrected chi connectivity index (χ2v) is 7.92. The van der Waals surface area contributed by atoms with Gasteiger partial charge in [-0.1, -0.05) is 6.92 Å². The maximum absolute atomic E-state index is 4.81. The van der Waals surface area contributed by atoms with Crippen LogP contribution in [0.5, 0.6) is 0 Å². The van der Waals surface area contributed by atoms with Crippen LogP contribution < -0.4 is 5.32 Å². The molecule has 19 heavy (non-hydrogen) atoms. The molecule has 0 aliphatic carbocycles. The van der Waals surface area contributed by atoms with Gasteiger partial charge in [0.2, 0.25) is 0 Å². The Morgan fingerprint density at radius 1 is 1.42 bits per heavy atom. The van der Waals surface area contributed by atoms with Gasteiger partial charge in [-0.05, 0) is 49.2 Å². The molecule has 0 saturated heterocycles. The summed E-state index contributed by atoms with van der Waals surface area (Å²) in [6.45, 7) is 8.68. The summed E-state index contributed by atoms with van der Waals surface area (Å²) in [7, 11) is 0. The quantitative estimate of drug-likeness (QED) is 0.819. The predicted molar refractivity (Wildman–Crippen MR) is 88.4 cm³/mol. The summed E-state index contributed by atoms with van der Waals surface area (Å²) >= 11 is 7.12. The molecule has 0 spiro atoms. The van der Waals surface area contributed by atoms with Crippen LogP contribution in [0.25, 0.3) is 0 Å². The van der Waals surface area contributed by atoms with Crippen LogP contribution in [0, 0.1) is 6.92 Å². The van der Waals surface area contributed by atoms with E-state index in [0.717, 1.165) is 10.9 Å². The molecule has 2 nitrogen and oxygen atoms in total. The SMILES string of the molecule is CCc1nc(C(NC(C)C)c2cc(Br)cs2)sc1C. The minimum Gasteiger partial charge on any atom is -0.301 e. The fourth-order valence-electron chi connectivity index (χ4n) is 1.99. The molecule has 1 atom stereocenters. The molecule has 5 heteroatoms. The maximum atomic E-state index is 4.81. The average molecular weight is 359 g/mol. The third kappa shape index (κ3) is 3.66. The minimum absolute atomic E-state index is 0.209. The standard InChI is InChI=1S/C14H19BrN2S2/c1-5-11-9(4)19-14(17-11)13(16-8(2)3)12-6-10(15)7-18-12/h6-8,13,16H,5H2,1-4H3. The Balaban J connectivity index is 2.36. The molecule has 0 amide bonds. The Morgan fingerprint density at radius 3 is 2.63 bits per heavy atom. The lowest BCUT2D eigenvalue weighted by Gasteiger charge is -2.18. The first-order chi connectivity index (χ1) is 9.01. The molecule has 0 radical (unpaired) electrons. The molecule has 2 aromatic heterocycles. The molecular weight excluding hydrogens is 340 g/mol. The molecule has 0 aromatic carbocycles. The predicted octanol–water partition coefficient (Wildman–Crippen LogP) is 4.93. The van der Waals surface area contributed by atoms with Crippen molar-refractivity contribution in [3.05, 3.63) is 36.4 Å². The lowest BCUT2D eigenvalue weighted by molar-refractivity contribution is 0.531. The number of aryl methyl sites for hydroxylation is 2. The van der Waals surface area contributed by atoms with E-state index >= 15 is 0 Å². The zero-order valence-corrected chi connectivity index (χ0v) is 14.9. The molecule has 0 saturated carbocycles. The molecule has 0 aliphatic heterocycles. The number of rotatable bonds is 5. The summed E-state index contributed by atoms with van der Waals surface area (Å²) in [4.78, 5) is 7.47. The number of hydrogen-bond acceptors (Lipinski definition) is 4. The van der Waals surface area contributed by atoms with Crippen LogP contribution in [0.3, 0.4) is 0 Å². The van der Waals surface area contributed by atoms with Gasteiger partial charge in [-0.15, -0.1) is 22.7 Å². The first-order valence-corrected chi connectivity index (χ1v) is 8.96. The van der Waals surface area contributed by atoms with Crippen molar-refractivity contribution in [3.63, 3.8) is 0 Å². The highest BCUT2D eigenvalue weighted by Gasteiger charge is 2.21. The van der Waals surface area contributed by atoms with E-state index in [1.807, 2.05) is 11.3 Å². The second-order valence-electron chi connectivity index (χ2n) is 4.83. The Morgan fingerprint density at radius 2 is 2.16 bits per heavy atom. The van der Waals surface area contributed by atoms with E-state index in [4.69, 9.17) is 4.98 Å². The van der Waals surface area contributed by atoms with Gasteiger partial charge in [-0.2, -0.15) is 0 Å². The van der Waals surface area contributed by atoms with E-state index in [9.17, 15) is 0 Å². The van der Waals surface area contributed by atoms with E-state index in [-0.39, 0.29) is 6.04 Å². The van der Waals surface area contributed by atoms with Gasteiger partial charge < -0.3 is 5.32 Å². The number of thiazole rings is 1. The summed E-state index contributed by atoms with van der Waals surface area (Å²) in [5.74, 6) is 0. The molecule has 1 N–H and O–H groups in total.